The van der Waals surface area contributed by atoms with Crippen LogP contribution in [0, 0.1) is 12.8 Å². The van der Waals surface area contributed by atoms with Crippen LogP contribution < -0.4 is 5.32 Å². The van der Waals surface area contributed by atoms with Gasteiger partial charge in [-0.25, -0.2) is 0 Å². The summed E-state index contributed by atoms with van der Waals surface area (Å²) in [6.07, 6.45) is 0.742. The van der Waals surface area contributed by atoms with Crippen LogP contribution in [-0.2, 0) is 4.79 Å². The van der Waals surface area contributed by atoms with Crippen LogP contribution in [0.1, 0.15) is 23.5 Å². The topological polar surface area (TPSA) is 49.3 Å². The number of rotatable bonds is 2. The summed E-state index contributed by atoms with van der Waals surface area (Å²) in [4.78, 5) is 11.0. The Morgan fingerprint density at radius 2 is 2.25 bits per heavy atom. The van der Waals surface area contributed by atoms with Crippen LogP contribution in [-0.4, -0.2) is 24.2 Å². The number of hydrogen-bond donors (Lipinski definition) is 2. The molecule has 1 aromatic rings. The number of nitrogens with one attached hydrogen (secondary N) is 1. The van der Waals surface area contributed by atoms with Crippen molar-refractivity contribution in [2.24, 2.45) is 5.92 Å². The van der Waals surface area contributed by atoms with Gasteiger partial charge in [0.15, 0.2) is 0 Å². The maximum Gasteiger partial charge on any atom is 0.307 e. The molecule has 0 amide bonds. The molecule has 0 aromatic heterocycles. The standard InChI is InChI=1S/C13H17NO2/c1-9-3-2-4-10(5-9)11-6-12(13(15)16)8-14-7-11/h2-5,11-12,14H,6-8H2,1H3,(H,15,16)/t11-,12+/m1/s1. The smallest absolute Gasteiger partial charge is 0.307 e. The van der Waals surface area contributed by atoms with Gasteiger partial charge < -0.3 is 10.4 Å². The average Bonchev–Trinajstić information content (AvgIpc) is 2.29. The van der Waals surface area contributed by atoms with Gasteiger partial charge in [-0.15, -0.1) is 0 Å². The first-order valence-corrected chi connectivity index (χ1v) is 5.67. The lowest BCUT2D eigenvalue weighted by atomic mass is 9.85. The Morgan fingerprint density at radius 3 is 2.94 bits per heavy atom. The first kappa shape index (κ1) is 11.1. The number of hydrogen-bond acceptors (Lipinski definition) is 2. The summed E-state index contributed by atoms with van der Waals surface area (Å²) in [5.74, 6) is -0.612. The highest BCUT2D eigenvalue weighted by atomic mass is 16.4. The van der Waals surface area contributed by atoms with E-state index in [1.54, 1.807) is 0 Å². The molecule has 2 atom stereocenters. The van der Waals surface area contributed by atoms with Crippen LogP contribution >= 0.6 is 0 Å². The van der Waals surface area contributed by atoms with Crippen LogP contribution in [0.2, 0.25) is 0 Å². The second-order valence-corrected chi connectivity index (χ2v) is 4.54. The van der Waals surface area contributed by atoms with Gasteiger partial charge in [0.1, 0.15) is 0 Å². The van der Waals surface area contributed by atoms with E-state index in [1.807, 2.05) is 6.07 Å². The number of carbonyl (C=O) groups is 1. The highest BCUT2D eigenvalue weighted by Crippen LogP contribution is 2.27. The Hall–Kier alpha value is -1.35. The fraction of sp³-hybridized carbons (Fsp3) is 0.462. The third-order valence-electron chi connectivity index (χ3n) is 3.21. The van der Waals surface area contributed by atoms with E-state index < -0.39 is 5.97 Å². The van der Waals surface area contributed by atoms with Gasteiger partial charge in [-0.05, 0) is 24.8 Å². The van der Waals surface area contributed by atoms with Gasteiger partial charge in [0.2, 0.25) is 0 Å². The Morgan fingerprint density at radius 1 is 1.44 bits per heavy atom. The van der Waals surface area contributed by atoms with E-state index >= 15 is 0 Å². The molecule has 2 rings (SSSR count). The van der Waals surface area contributed by atoms with Crippen molar-refractivity contribution >= 4 is 5.97 Å². The highest BCUT2D eigenvalue weighted by molar-refractivity contribution is 5.70. The largest absolute Gasteiger partial charge is 0.481 e. The van der Waals surface area contributed by atoms with Crippen molar-refractivity contribution in [3.63, 3.8) is 0 Å². The monoisotopic (exact) mass is 219 g/mol. The maximum atomic E-state index is 11.0. The highest BCUT2D eigenvalue weighted by Gasteiger charge is 2.27. The summed E-state index contributed by atoms with van der Waals surface area (Å²) in [7, 11) is 0. The van der Waals surface area contributed by atoms with Gasteiger partial charge in [0, 0.05) is 13.1 Å². The molecule has 0 unspecified atom stereocenters. The molecule has 1 heterocycles. The fourth-order valence-corrected chi connectivity index (χ4v) is 2.31. The molecule has 0 radical (unpaired) electrons. The molecule has 1 saturated heterocycles. The molecule has 3 heteroatoms. The zero-order valence-corrected chi connectivity index (χ0v) is 9.44. The predicted molar refractivity (Wildman–Crippen MR) is 62.5 cm³/mol. The van der Waals surface area contributed by atoms with Gasteiger partial charge in [-0.3, -0.25) is 4.79 Å². The first-order chi connectivity index (χ1) is 7.66. The number of piperidine rings is 1. The number of carboxylic acids is 1. The number of aryl methyl sites for hydroxylation is 1. The minimum absolute atomic E-state index is 0.251. The van der Waals surface area contributed by atoms with Gasteiger partial charge >= 0.3 is 5.97 Å². The van der Waals surface area contributed by atoms with Gasteiger partial charge in [-0.2, -0.15) is 0 Å². The molecule has 1 aliphatic rings. The number of aliphatic carboxylic acids is 1. The molecule has 0 saturated carbocycles. The maximum absolute atomic E-state index is 11.0. The van der Waals surface area contributed by atoms with Crippen LogP contribution in [0.25, 0.3) is 0 Å². The van der Waals surface area contributed by atoms with Gasteiger partial charge in [0.25, 0.3) is 0 Å². The summed E-state index contributed by atoms with van der Waals surface area (Å²) >= 11 is 0. The Kier molecular flexibility index (Phi) is 3.25. The first-order valence-electron chi connectivity index (χ1n) is 5.67. The summed E-state index contributed by atoms with van der Waals surface area (Å²) in [5.41, 5.74) is 2.48. The van der Waals surface area contributed by atoms with E-state index in [1.165, 1.54) is 11.1 Å². The summed E-state index contributed by atoms with van der Waals surface area (Å²) < 4.78 is 0. The third kappa shape index (κ3) is 2.42. The lowest BCUT2D eigenvalue weighted by Gasteiger charge is -2.28. The molecule has 1 fully saturated rings. The number of benzene rings is 1. The SMILES string of the molecule is Cc1cccc([C@H]2CNC[C@@H](C(=O)O)C2)c1. The second-order valence-electron chi connectivity index (χ2n) is 4.54. The van der Waals surface area contributed by atoms with E-state index in [0.717, 1.165) is 13.0 Å². The minimum atomic E-state index is -0.690. The van der Waals surface area contributed by atoms with Crippen LogP contribution in [0.4, 0.5) is 0 Å². The van der Waals surface area contributed by atoms with E-state index in [-0.39, 0.29) is 5.92 Å². The van der Waals surface area contributed by atoms with Crippen molar-refractivity contribution in [1.82, 2.24) is 5.32 Å². The van der Waals surface area contributed by atoms with Crippen molar-refractivity contribution < 1.29 is 9.90 Å². The van der Waals surface area contributed by atoms with Crippen molar-refractivity contribution in [2.75, 3.05) is 13.1 Å². The normalized spacial score (nSPS) is 25.3. The summed E-state index contributed by atoms with van der Waals surface area (Å²) in [6, 6.07) is 8.34. The fourth-order valence-electron chi connectivity index (χ4n) is 2.31. The van der Waals surface area contributed by atoms with E-state index in [2.05, 4.69) is 30.4 Å². The molecular formula is C13H17NO2. The molecule has 0 spiro atoms. The quantitative estimate of drug-likeness (QED) is 0.797. The van der Waals surface area contributed by atoms with Crippen LogP contribution in [0.5, 0.6) is 0 Å². The minimum Gasteiger partial charge on any atom is -0.481 e. The van der Waals surface area contributed by atoms with Crippen molar-refractivity contribution in [1.29, 1.82) is 0 Å². The molecule has 0 aliphatic carbocycles. The van der Waals surface area contributed by atoms with Crippen molar-refractivity contribution in [3.05, 3.63) is 35.4 Å². The average molecular weight is 219 g/mol. The summed E-state index contributed by atoms with van der Waals surface area (Å²) in [5, 5.41) is 12.2. The van der Waals surface area contributed by atoms with Crippen molar-refractivity contribution in [3.8, 4) is 0 Å². The molecule has 16 heavy (non-hydrogen) atoms. The Labute approximate surface area is 95.5 Å². The molecule has 0 bridgehead atoms. The molecule has 1 aliphatic heterocycles. The van der Waals surface area contributed by atoms with E-state index in [4.69, 9.17) is 5.11 Å². The second kappa shape index (κ2) is 4.66. The Bertz CT molecular complexity index is 389. The van der Waals surface area contributed by atoms with Gasteiger partial charge in [-0.1, -0.05) is 29.8 Å². The van der Waals surface area contributed by atoms with E-state index in [9.17, 15) is 4.79 Å². The van der Waals surface area contributed by atoms with Gasteiger partial charge in [0.05, 0.1) is 5.92 Å². The van der Waals surface area contributed by atoms with Crippen LogP contribution in [0.3, 0.4) is 0 Å². The zero-order valence-electron chi connectivity index (χ0n) is 9.44. The zero-order chi connectivity index (χ0) is 11.5. The lowest BCUT2D eigenvalue weighted by molar-refractivity contribution is -0.142. The molecule has 2 N–H and O–H groups in total. The Balaban J connectivity index is 2.12. The third-order valence-corrected chi connectivity index (χ3v) is 3.21. The molecule has 86 valence electrons. The predicted octanol–water partition coefficient (Wildman–Crippen LogP) is 1.77. The summed E-state index contributed by atoms with van der Waals surface area (Å²) in [6.45, 7) is 3.54. The molecule has 3 nitrogen and oxygen atoms in total. The number of carboxylic acid groups (broad SMARTS) is 1. The van der Waals surface area contributed by atoms with Crippen molar-refractivity contribution in [2.45, 2.75) is 19.3 Å². The molecule has 1 aromatic carbocycles. The lowest BCUT2D eigenvalue weighted by Crippen LogP contribution is -2.38. The van der Waals surface area contributed by atoms with E-state index in [0.29, 0.717) is 12.5 Å². The van der Waals surface area contributed by atoms with Crippen LogP contribution in [0.15, 0.2) is 24.3 Å². The molecular weight excluding hydrogens is 202 g/mol.